The summed E-state index contributed by atoms with van der Waals surface area (Å²) in [5.74, 6) is 2.95. The number of para-hydroxylation sites is 4. The third-order valence-corrected chi connectivity index (χ3v) is 16.8. The van der Waals surface area contributed by atoms with Crippen LogP contribution in [0.15, 0.2) is 218 Å². The van der Waals surface area contributed by atoms with Gasteiger partial charge in [-0.3, -0.25) is 13.5 Å². The van der Waals surface area contributed by atoms with Crippen LogP contribution in [-0.4, -0.2) is 36.6 Å². The van der Waals surface area contributed by atoms with Crippen LogP contribution in [0.2, 0.25) is 0 Å². The Bertz CT molecular complexity index is 3390. The molecule has 12 aromatic rings. The zero-order valence-corrected chi connectivity index (χ0v) is 33.5. The van der Waals surface area contributed by atoms with Gasteiger partial charge in [-0.1, -0.05) is 176 Å². The van der Waals surface area contributed by atoms with E-state index in [1.54, 1.807) is 0 Å². The first-order valence-corrected chi connectivity index (χ1v) is 22.3. The lowest BCUT2D eigenvalue weighted by Gasteiger charge is -2.34. The van der Waals surface area contributed by atoms with Crippen LogP contribution >= 0.6 is 0 Å². The molecule has 0 amide bonds. The zero-order valence-electron chi connectivity index (χ0n) is 32.5. The van der Waals surface area contributed by atoms with Crippen molar-refractivity contribution in [1.82, 2.24) is 28.5 Å². The molecule has 0 N–H and O–H groups in total. The Morgan fingerprint density at radius 2 is 0.817 bits per heavy atom. The Kier molecular flexibility index (Phi) is 7.76. The number of aromatic nitrogens is 6. The number of benzene rings is 8. The van der Waals surface area contributed by atoms with Crippen molar-refractivity contribution in [3.63, 3.8) is 0 Å². The normalized spacial score (nSPS) is 12.0. The maximum Gasteiger partial charge on any atom is 0.221 e. The lowest BCUT2D eigenvalue weighted by molar-refractivity contribution is 0.980. The van der Waals surface area contributed by atoms with Crippen molar-refractivity contribution in [2.75, 3.05) is 0 Å². The molecule has 0 atom stereocenters. The van der Waals surface area contributed by atoms with Crippen molar-refractivity contribution in [3.05, 3.63) is 218 Å². The smallest absolute Gasteiger partial charge is 0.221 e. The first kappa shape index (κ1) is 34.2. The van der Waals surface area contributed by atoms with Crippen molar-refractivity contribution in [2.24, 2.45) is 0 Å². The van der Waals surface area contributed by atoms with Gasteiger partial charge in [0.05, 0.1) is 33.1 Å². The molecular weight excluding hydrogens is 749 g/mol. The fourth-order valence-corrected chi connectivity index (χ4v) is 14.2. The quantitative estimate of drug-likeness (QED) is 0.120. The molecule has 0 radical (unpaired) electrons. The largest absolute Gasteiger partial charge is 0.294 e. The van der Waals surface area contributed by atoms with Crippen LogP contribution < -0.4 is 20.7 Å². The van der Waals surface area contributed by atoms with E-state index in [0.717, 1.165) is 56.1 Å². The first-order valence-electron chi connectivity index (χ1n) is 20.3. The number of fused-ring (bicyclic) bond motifs is 8. The number of rotatable bonds is 7. The molecule has 4 aromatic heterocycles. The van der Waals surface area contributed by atoms with Crippen LogP contribution in [0.5, 0.6) is 0 Å². The van der Waals surface area contributed by atoms with E-state index >= 15 is 0 Å². The minimum atomic E-state index is -2.84. The Morgan fingerprint density at radius 3 is 1.40 bits per heavy atom. The predicted octanol–water partition coefficient (Wildman–Crippen LogP) is 9.36. The zero-order chi connectivity index (χ0) is 39.6. The van der Waals surface area contributed by atoms with Gasteiger partial charge in [-0.25, -0.2) is 15.0 Å². The minimum Gasteiger partial charge on any atom is -0.294 e. The molecule has 0 saturated heterocycles. The van der Waals surface area contributed by atoms with Crippen molar-refractivity contribution in [3.8, 4) is 23.0 Å². The molecule has 0 fully saturated rings. The van der Waals surface area contributed by atoms with E-state index in [2.05, 4.69) is 214 Å². The third kappa shape index (κ3) is 5.09. The lowest BCUT2D eigenvalue weighted by Crippen LogP contribution is -2.74. The highest BCUT2D eigenvalue weighted by molar-refractivity contribution is 7.20. The fraction of sp³-hybridized carbons (Fsp3) is 0. The van der Waals surface area contributed by atoms with Gasteiger partial charge in [0.2, 0.25) is 5.78 Å². The topological polar surface area (TPSA) is 52.9 Å². The van der Waals surface area contributed by atoms with Gasteiger partial charge in [0.1, 0.15) is 11.6 Å². The van der Waals surface area contributed by atoms with E-state index in [-0.39, 0.29) is 0 Å². The summed E-state index contributed by atoms with van der Waals surface area (Å²) in [5.41, 5.74) is 7.15. The van der Waals surface area contributed by atoms with Crippen molar-refractivity contribution >= 4 is 78.5 Å². The Morgan fingerprint density at radius 1 is 0.333 bits per heavy atom. The molecule has 0 saturated carbocycles. The maximum atomic E-state index is 5.39. The summed E-state index contributed by atoms with van der Waals surface area (Å²) in [5, 5.41) is 7.62. The number of hydrogen-bond acceptors (Lipinski definition) is 3. The molecular formula is C53H36N6Si. The second-order valence-electron chi connectivity index (χ2n) is 15.3. The van der Waals surface area contributed by atoms with Gasteiger partial charge in [0, 0.05) is 22.4 Å². The van der Waals surface area contributed by atoms with Gasteiger partial charge in [0.15, 0.2) is 13.9 Å². The standard InChI is InChI=1S/C53H36N6Si/c1-5-19-37(20-6-1)52-55-50(57-45-30-16-13-27-42(45)43-28-14-17-31-46(43)57)36-51(56-52)59-48-34-33-41(35-49(48)58-47-32-18-15-29-44(47)54-53(58)59)60(38-21-7-2-8-22-38,39-23-9-3-10-24-39)40-25-11-4-12-26-40/h1-36H. The van der Waals surface area contributed by atoms with Crippen LogP contribution in [0.1, 0.15) is 0 Å². The molecule has 0 aliphatic carbocycles. The number of nitrogens with zero attached hydrogens (tertiary/aromatic N) is 6. The molecule has 60 heavy (non-hydrogen) atoms. The lowest BCUT2D eigenvalue weighted by atomic mass is 10.2. The number of imidazole rings is 2. The van der Waals surface area contributed by atoms with E-state index < -0.39 is 8.07 Å². The summed E-state index contributed by atoms with van der Waals surface area (Å²) in [6.45, 7) is 0. The molecule has 8 aromatic carbocycles. The Hall–Kier alpha value is -7.87. The number of hydrogen-bond donors (Lipinski definition) is 0. The molecule has 0 spiro atoms. The van der Waals surface area contributed by atoms with Crippen molar-refractivity contribution < 1.29 is 0 Å². The van der Waals surface area contributed by atoms with Gasteiger partial charge in [-0.15, -0.1) is 0 Å². The molecule has 0 bridgehead atoms. The third-order valence-electron chi connectivity index (χ3n) is 12.0. The first-order chi connectivity index (χ1) is 29.8. The van der Waals surface area contributed by atoms with Gasteiger partial charge in [0.25, 0.3) is 0 Å². The summed E-state index contributed by atoms with van der Waals surface area (Å²) in [6, 6.07) is 78.3. The Labute approximate surface area is 346 Å². The highest BCUT2D eigenvalue weighted by Gasteiger charge is 2.41. The molecule has 0 aliphatic rings. The minimum absolute atomic E-state index is 0.640. The van der Waals surface area contributed by atoms with Crippen LogP contribution in [0, 0.1) is 0 Å². The predicted molar refractivity (Wildman–Crippen MR) is 249 cm³/mol. The highest BCUT2D eigenvalue weighted by atomic mass is 28.3. The van der Waals surface area contributed by atoms with Crippen LogP contribution in [0.25, 0.3) is 72.7 Å². The van der Waals surface area contributed by atoms with Crippen LogP contribution in [-0.2, 0) is 0 Å². The van der Waals surface area contributed by atoms with E-state index in [4.69, 9.17) is 15.0 Å². The maximum absolute atomic E-state index is 5.39. The molecule has 6 nitrogen and oxygen atoms in total. The average molecular weight is 785 g/mol. The molecule has 4 heterocycles. The van der Waals surface area contributed by atoms with Gasteiger partial charge in [-0.05, 0) is 57.1 Å². The van der Waals surface area contributed by atoms with Gasteiger partial charge >= 0.3 is 0 Å². The fourth-order valence-electron chi connectivity index (χ4n) is 9.46. The summed E-state index contributed by atoms with van der Waals surface area (Å²) in [4.78, 5) is 16.1. The molecule has 7 heteroatoms. The monoisotopic (exact) mass is 784 g/mol. The summed E-state index contributed by atoms with van der Waals surface area (Å²) < 4.78 is 6.81. The van der Waals surface area contributed by atoms with Gasteiger partial charge in [-0.2, -0.15) is 0 Å². The van der Waals surface area contributed by atoms with E-state index in [9.17, 15) is 0 Å². The van der Waals surface area contributed by atoms with Crippen LogP contribution in [0.3, 0.4) is 0 Å². The second-order valence-corrected chi connectivity index (χ2v) is 19.1. The van der Waals surface area contributed by atoms with E-state index in [0.29, 0.717) is 5.82 Å². The van der Waals surface area contributed by atoms with Crippen LogP contribution in [0.4, 0.5) is 0 Å². The second kappa shape index (κ2) is 13.6. The molecule has 12 rings (SSSR count). The van der Waals surface area contributed by atoms with Crippen molar-refractivity contribution in [2.45, 2.75) is 0 Å². The summed E-state index contributed by atoms with van der Waals surface area (Å²) in [7, 11) is -2.84. The molecule has 0 unspecified atom stereocenters. The summed E-state index contributed by atoms with van der Waals surface area (Å²) >= 11 is 0. The molecule has 0 aliphatic heterocycles. The summed E-state index contributed by atoms with van der Waals surface area (Å²) in [6.07, 6.45) is 0. The highest BCUT2D eigenvalue weighted by Crippen LogP contribution is 2.34. The van der Waals surface area contributed by atoms with E-state index in [1.165, 1.54) is 31.5 Å². The molecule has 282 valence electrons. The average Bonchev–Trinajstić information content (AvgIpc) is 3.97. The SMILES string of the molecule is c1ccc(-c2nc(-n3c4ccccc4c4ccccc43)cc(-n3c4ccc([Si](c5ccccc5)(c5ccccc5)c5ccccc5)cc4n4c5ccccc5nc34)n2)cc1. The van der Waals surface area contributed by atoms with Gasteiger partial charge < -0.3 is 0 Å². The Balaban J connectivity index is 1.19. The van der Waals surface area contributed by atoms with Crippen molar-refractivity contribution in [1.29, 1.82) is 0 Å². The van der Waals surface area contributed by atoms with E-state index in [1.807, 2.05) is 18.2 Å².